The van der Waals surface area contributed by atoms with Gasteiger partial charge >= 0.3 is 0 Å². The van der Waals surface area contributed by atoms with Gasteiger partial charge in [0.25, 0.3) is 0 Å². The molecule has 1 aromatic rings. The summed E-state index contributed by atoms with van der Waals surface area (Å²) in [7, 11) is 0. The quantitative estimate of drug-likeness (QED) is 0.399. The number of hydrogen-bond acceptors (Lipinski definition) is 1. The number of allylic oxidation sites excluding steroid dienone is 5. The van der Waals surface area contributed by atoms with Crippen molar-refractivity contribution in [1.82, 2.24) is 0 Å². The van der Waals surface area contributed by atoms with E-state index in [1.165, 1.54) is 6.08 Å². The van der Waals surface area contributed by atoms with E-state index < -0.39 is 0 Å². The van der Waals surface area contributed by atoms with Gasteiger partial charge in [-0.05, 0) is 11.6 Å². The predicted molar refractivity (Wildman–Crippen MR) is 59.8 cm³/mol. The van der Waals surface area contributed by atoms with Crippen LogP contribution >= 0.6 is 0 Å². The Morgan fingerprint density at radius 3 is 2.14 bits per heavy atom. The molecular formula is C13H12O. The number of rotatable bonds is 4. The third-order valence-corrected chi connectivity index (χ3v) is 1.61. The van der Waals surface area contributed by atoms with E-state index in [4.69, 9.17) is 0 Å². The zero-order valence-electron chi connectivity index (χ0n) is 7.84. The van der Waals surface area contributed by atoms with Crippen LogP contribution in [0.2, 0.25) is 0 Å². The highest BCUT2D eigenvalue weighted by Gasteiger charge is 1.78. The maximum atomic E-state index is 9.92. The van der Waals surface area contributed by atoms with E-state index in [2.05, 4.69) is 0 Å². The van der Waals surface area contributed by atoms with Crippen LogP contribution in [0.1, 0.15) is 5.56 Å². The molecule has 0 atom stereocenters. The molecule has 0 amide bonds. The van der Waals surface area contributed by atoms with E-state index in [1.54, 1.807) is 6.08 Å². The lowest BCUT2D eigenvalue weighted by molar-refractivity contribution is -0.104. The van der Waals surface area contributed by atoms with Crippen molar-refractivity contribution in [2.45, 2.75) is 0 Å². The topological polar surface area (TPSA) is 17.1 Å². The van der Waals surface area contributed by atoms with Crippen LogP contribution in [0.15, 0.2) is 60.7 Å². The van der Waals surface area contributed by atoms with Crippen LogP contribution in [-0.2, 0) is 4.79 Å². The Morgan fingerprint density at radius 2 is 1.43 bits per heavy atom. The molecule has 0 aliphatic carbocycles. The van der Waals surface area contributed by atoms with Gasteiger partial charge in [-0.3, -0.25) is 4.79 Å². The molecule has 0 saturated carbocycles. The lowest BCUT2D eigenvalue weighted by atomic mass is 10.2. The van der Waals surface area contributed by atoms with Crippen LogP contribution < -0.4 is 0 Å². The van der Waals surface area contributed by atoms with E-state index in [0.717, 1.165) is 11.8 Å². The van der Waals surface area contributed by atoms with Crippen molar-refractivity contribution in [1.29, 1.82) is 0 Å². The molecule has 1 rings (SSSR count). The van der Waals surface area contributed by atoms with Crippen LogP contribution in [0.5, 0.6) is 0 Å². The van der Waals surface area contributed by atoms with Crippen molar-refractivity contribution >= 4 is 12.4 Å². The maximum absolute atomic E-state index is 9.92. The van der Waals surface area contributed by atoms with E-state index in [-0.39, 0.29) is 0 Å². The summed E-state index contributed by atoms with van der Waals surface area (Å²) in [4.78, 5) is 9.92. The van der Waals surface area contributed by atoms with Crippen LogP contribution in [0, 0.1) is 0 Å². The second-order valence-corrected chi connectivity index (χ2v) is 2.68. The third kappa shape index (κ3) is 4.21. The zero-order valence-corrected chi connectivity index (χ0v) is 7.84. The fourth-order valence-electron chi connectivity index (χ4n) is 0.969. The van der Waals surface area contributed by atoms with Crippen molar-refractivity contribution in [3.8, 4) is 0 Å². The van der Waals surface area contributed by atoms with Gasteiger partial charge in [0.15, 0.2) is 0 Å². The summed E-state index contributed by atoms with van der Waals surface area (Å²) in [5, 5.41) is 0. The van der Waals surface area contributed by atoms with E-state index in [0.29, 0.717) is 0 Å². The zero-order chi connectivity index (χ0) is 10.1. The van der Waals surface area contributed by atoms with Crippen molar-refractivity contribution in [2.24, 2.45) is 0 Å². The highest BCUT2D eigenvalue weighted by atomic mass is 16.1. The molecule has 70 valence electrons. The molecule has 0 aliphatic rings. The van der Waals surface area contributed by atoms with Crippen LogP contribution in [0.3, 0.4) is 0 Å². The minimum absolute atomic E-state index is 0.755. The second kappa shape index (κ2) is 6.61. The first-order valence-corrected chi connectivity index (χ1v) is 4.44. The average Bonchev–Trinajstić information content (AvgIpc) is 2.25. The van der Waals surface area contributed by atoms with Gasteiger partial charge in [-0.25, -0.2) is 0 Å². The van der Waals surface area contributed by atoms with Crippen molar-refractivity contribution < 1.29 is 4.79 Å². The molecule has 0 aromatic heterocycles. The van der Waals surface area contributed by atoms with Gasteiger partial charge < -0.3 is 0 Å². The SMILES string of the molecule is O=C\C=C/C=C\C=C/c1ccccc1. The molecule has 0 N–H and O–H groups in total. The molecule has 0 spiro atoms. The fourth-order valence-corrected chi connectivity index (χ4v) is 0.969. The number of aldehydes is 1. The van der Waals surface area contributed by atoms with E-state index in [9.17, 15) is 4.79 Å². The van der Waals surface area contributed by atoms with Crippen molar-refractivity contribution in [3.05, 3.63) is 66.3 Å². The molecule has 0 saturated heterocycles. The minimum atomic E-state index is 0.755. The molecule has 14 heavy (non-hydrogen) atoms. The standard InChI is InChI=1S/C13H12O/c14-12-8-3-1-2-5-9-13-10-6-4-7-11-13/h1-12H/b2-1-,8-3-,9-5-. The van der Waals surface area contributed by atoms with E-state index in [1.807, 2.05) is 54.6 Å². The number of carbonyl (C=O) groups is 1. The molecule has 1 nitrogen and oxygen atoms in total. The summed E-state index contributed by atoms with van der Waals surface area (Å²) in [5.74, 6) is 0. The molecule has 0 aliphatic heterocycles. The first-order chi connectivity index (χ1) is 6.93. The first-order valence-electron chi connectivity index (χ1n) is 4.44. The lowest BCUT2D eigenvalue weighted by Gasteiger charge is -1.87. The molecular weight excluding hydrogens is 172 g/mol. The first kappa shape index (κ1) is 10.2. The summed E-state index contributed by atoms with van der Waals surface area (Å²) >= 11 is 0. The molecule has 0 radical (unpaired) electrons. The Kier molecular flexibility index (Phi) is 4.81. The van der Waals surface area contributed by atoms with Crippen LogP contribution in [-0.4, -0.2) is 6.29 Å². The van der Waals surface area contributed by atoms with Gasteiger partial charge in [-0.2, -0.15) is 0 Å². The highest BCUT2D eigenvalue weighted by molar-refractivity contribution is 5.65. The number of hydrogen-bond donors (Lipinski definition) is 0. The molecule has 0 heterocycles. The molecule has 0 bridgehead atoms. The molecule has 1 aromatic carbocycles. The number of benzene rings is 1. The Balaban J connectivity index is 2.45. The van der Waals surface area contributed by atoms with E-state index >= 15 is 0 Å². The summed E-state index contributed by atoms with van der Waals surface area (Å²) < 4.78 is 0. The van der Waals surface area contributed by atoms with Gasteiger partial charge in [0.05, 0.1) is 0 Å². The molecule has 0 fully saturated rings. The number of carbonyl (C=O) groups excluding carboxylic acids is 1. The third-order valence-electron chi connectivity index (χ3n) is 1.61. The lowest BCUT2D eigenvalue weighted by Crippen LogP contribution is -1.66. The maximum Gasteiger partial charge on any atom is 0.142 e. The van der Waals surface area contributed by atoms with Crippen LogP contribution in [0.4, 0.5) is 0 Å². The van der Waals surface area contributed by atoms with Gasteiger partial charge in [-0.1, -0.05) is 60.7 Å². The minimum Gasteiger partial charge on any atom is -0.299 e. The molecule has 1 heteroatoms. The van der Waals surface area contributed by atoms with Gasteiger partial charge in [0.1, 0.15) is 6.29 Å². The summed E-state index contributed by atoms with van der Waals surface area (Å²) in [6, 6.07) is 10.0. The Labute approximate surface area is 84.1 Å². The smallest absolute Gasteiger partial charge is 0.142 e. The average molecular weight is 184 g/mol. The Bertz CT molecular complexity index is 345. The van der Waals surface area contributed by atoms with Crippen molar-refractivity contribution in [2.75, 3.05) is 0 Å². The van der Waals surface area contributed by atoms with Gasteiger partial charge in [0.2, 0.25) is 0 Å². The van der Waals surface area contributed by atoms with Crippen molar-refractivity contribution in [3.63, 3.8) is 0 Å². The highest BCUT2D eigenvalue weighted by Crippen LogP contribution is 2.00. The van der Waals surface area contributed by atoms with Crippen LogP contribution in [0.25, 0.3) is 6.08 Å². The molecule has 0 unspecified atom stereocenters. The Hall–Kier alpha value is -1.89. The van der Waals surface area contributed by atoms with Gasteiger partial charge in [-0.15, -0.1) is 0 Å². The normalized spacial score (nSPS) is 11.7. The predicted octanol–water partition coefficient (Wildman–Crippen LogP) is 3.01. The summed E-state index contributed by atoms with van der Waals surface area (Å²) in [6.45, 7) is 0. The van der Waals surface area contributed by atoms with Gasteiger partial charge in [0, 0.05) is 0 Å². The summed E-state index contributed by atoms with van der Waals surface area (Å²) in [5.41, 5.74) is 1.16. The largest absolute Gasteiger partial charge is 0.299 e. The Morgan fingerprint density at radius 1 is 0.786 bits per heavy atom. The fraction of sp³-hybridized carbons (Fsp3) is 0. The monoisotopic (exact) mass is 184 g/mol. The second-order valence-electron chi connectivity index (χ2n) is 2.68. The summed E-state index contributed by atoms with van der Waals surface area (Å²) in [6.07, 6.45) is 11.5.